The fraction of sp³-hybridized carbons (Fsp3) is 0.571. The second-order valence-electron chi connectivity index (χ2n) is 5.24. The van der Waals surface area contributed by atoms with E-state index in [4.69, 9.17) is 4.52 Å². The van der Waals surface area contributed by atoms with Crippen LogP contribution >= 0.6 is 0 Å². The van der Waals surface area contributed by atoms with Crippen LogP contribution in [0, 0.1) is 19.3 Å². The van der Waals surface area contributed by atoms with E-state index in [1.165, 1.54) is 0 Å². The second-order valence-corrected chi connectivity index (χ2v) is 5.24. The third-order valence-corrected chi connectivity index (χ3v) is 4.26. The summed E-state index contributed by atoms with van der Waals surface area (Å²) in [4.78, 5) is 37.8. The van der Waals surface area contributed by atoms with Crippen LogP contribution < -0.4 is 5.32 Å². The first-order valence-corrected chi connectivity index (χ1v) is 6.96. The minimum Gasteiger partial charge on any atom is -0.361 e. The number of nitrogens with one attached hydrogen (secondary N) is 1. The summed E-state index contributed by atoms with van der Waals surface area (Å²) in [7, 11) is 0. The molecule has 2 rings (SSSR count). The van der Waals surface area contributed by atoms with Crippen molar-refractivity contribution in [2.75, 3.05) is 0 Å². The summed E-state index contributed by atoms with van der Waals surface area (Å²) >= 11 is 0. The topological polar surface area (TPSA) is 92.5 Å². The number of carbonyl (C=O) groups excluding carboxylic acids is 3. The molecule has 0 aliphatic carbocycles. The molecule has 2 heterocycles. The van der Waals surface area contributed by atoms with Crippen molar-refractivity contribution in [1.29, 1.82) is 0 Å². The number of hydrogen-bond acceptors (Lipinski definition) is 5. The standard InChI is InChI=1S/C14H19N3O4/c1-5-14(6-2)11(18)15-13(20)17(12(14)19)7-10-8(3)16-21-9(10)4/h5-7H2,1-4H3,(H,15,18,20). The molecule has 1 aliphatic heterocycles. The van der Waals surface area contributed by atoms with Crippen molar-refractivity contribution >= 4 is 17.8 Å². The van der Waals surface area contributed by atoms with E-state index >= 15 is 0 Å². The number of carbonyl (C=O) groups is 3. The number of barbiturate groups is 1. The first-order chi connectivity index (χ1) is 9.87. The van der Waals surface area contributed by atoms with Gasteiger partial charge in [-0.15, -0.1) is 0 Å². The molecule has 1 N–H and O–H groups in total. The molecule has 1 fully saturated rings. The van der Waals surface area contributed by atoms with E-state index in [-0.39, 0.29) is 6.54 Å². The van der Waals surface area contributed by atoms with Crippen LogP contribution in [0.15, 0.2) is 4.52 Å². The van der Waals surface area contributed by atoms with Crippen LogP contribution in [0.25, 0.3) is 0 Å². The van der Waals surface area contributed by atoms with Gasteiger partial charge in [0.25, 0.3) is 0 Å². The van der Waals surface area contributed by atoms with Gasteiger partial charge in [-0.1, -0.05) is 19.0 Å². The van der Waals surface area contributed by atoms with E-state index in [0.29, 0.717) is 29.9 Å². The van der Waals surface area contributed by atoms with Gasteiger partial charge in [-0.25, -0.2) is 4.79 Å². The number of aryl methyl sites for hydroxylation is 2. The molecule has 0 radical (unpaired) electrons. The van der Waals surface area contributed by atoms with Crippen LogP contribution in [0.2, 0.25) is 0 Å². The van der Waals surface area contributed by atoms with Gasteiger partial charge in [0.05, 0.1) is 12.2 Å². The lowest BCUT2D eigenvalue weighted by molar-refractivity contribution is -0.152. The zero-order chi connectivity index (χ0) is 15.8. The molecule has 1 aromatic rings. The zero-order valence-corrected chi connectivity index (χ0v) is 12.6. The summed E-state index contributed by atoms with van der Waals surface area (Å²) in [5.74, 6) is -0.414. The van der Waals surface area contributed by atoms with Crippen LogP contribution in [-0.2, 0) is 16.1 Å². The van der Waals surface area contributed by atoms with Crippen molar-refractivity contribution in [1.82, 2.24) is 15.4 Å². The average Bonchev–Trinajstić information content (AvgIpc) is 2.76. The van der Waals surface area contributed by atoms with Crippen molar-refractivity contribution in [2.24, 2.45) is 5.41 Å². The highest BCUT2D eigenvalue weighted by Gasteiger charge is 2.51. The molecule has 7 nitrogen and oxygen atoms in total. The quantitative estimate of drug-likeness (QED) is 0.852. The van der Waals surface area contributed by atoms with E-state index in [2.05, 4.69) is 10.5 Å². The van der Waals surface area contributed by atoms with Crippen LogP contribution in [0.1, 0.15) is 43.7 Å². The van der Waals surface area contributed by atoms with Gasteiger partial charge in [0.2, 0.25) is 11.8 Å². The fourth-order valence-electron chi connectivity index (χ4n) is 2.63. The third kappa shape index (κ3) is 2.22. The molecule has 7 heteroatoms. The maximum atomic E-state index is 12.7. The van der Waals surface area contributed by atoms with Crippen molar-refractivity contribution < 1.29 is 18.9 Å². The highest BCUT2D eigenvalue weighted by molar-refractivity contribution is 6.19. The summed E-state index contributed by atoms with van der Waals surface area (Å²) in [6.07, 6.45) is 0.694. The first-order valence-electron chi connectivity index (χ1n) is 6.96. The molecule has 0 aromatic carbocycles. The molecule has 0 atom stereocenters. The van der Waals surface area contributed by atoms with Gasteiger partial charge in [0.15, 0.2) is 0 Å². The van der Waals surface area contributed by atoms with E-state index < -0.39 is 23.3 Å². The number of imide groups is 2. The van der Waals surface area contributed by atoms with Crippen molar-refractivity contribution in [2.45, 2.75) is 47.1 Å². The molecule has 1 aliphatic rings. The van der Waals surface area contributed by atoms with Crippen LogP contribution in [0.4, 0.5) is 4.79 Å². The Balaban J connectivity index is 2.37. The molecular weight excluding hydrogens is 274 g/mol. The summed E-state index contributed by atoms with van der Waals surface area (Å²) in [6, 6.07) is -0.692. The molecule has 4 amide bonds. The van der Waals surface area contributed by atoms with Crippen molar-refractivity contribution in [3.8, 4) is 0 Å². The molecular formula is C14H19N3O4. The second kappa shape index (κ2) is 5.31. The predicted molar refractivity (Wildman–Crippen MR) is 73.1 cm³/mol. The number of rotatable bonds is 4. The number of amides is 4. The van der Waals surface area contributed by atoms with Crippen LogP contribution in [0.3, 0.4) is 0 Å². The van der Waals surface area contributed by atoms with Crippen LogP contribution in [0.5, 0.6) is 0 Å². The largest absolute Gasteiger partial charge is 0.361 e. The maximum absolute atomic E-state index is 12.7. The summed E-state index contributed by atoms with van der Waals surface area (Å²) in [6.45, 7) is 7.06. The Bertz CT molecular complexity index is 582. The Morgan fingerprint density at radius 3 is 2.29 bits per heavy atom. The van der Waals surface area contributed by atoms with Crippen molar-refractivity contribution in [3.05, 3.63) is 17.0 Å². The lowest BCUT2D eigenvalue weighted by Gasteiger charge is -2.38. The third-order valence-electron chi connectivity index (χ3n) is 4.26. The van der Waals surface area contributed by atoms with Gasteiger partial charge < -0.3 is 4.52 Å². The van der Waals surface area contributed by atoms with E-state index in [0.717, 1.165) is 4.90 Å². The highest BCUT2D eigenvalue weighted by Crippen LogP contribution is 2.33. The zero-order valence-electron chi connectivity index (χ0n) is 12.6. The minimum absolute atomic E-state index is 0.0564. The van der Waals surface area contributed by atoms with Gasteiger partial charge in [0.1, 0.15) is 11.2 Å². The smallest absolute Gasteiger partial charge is 0.331 e. The van der Waals surface area contributed by atoms with Gasteiger partial charge in [-0.05, 0) is 26.7 Å². The van der Waals surface area contributed by atoms with Gasteiger partial charge in [0, 0.05) is 5.56 Å². The van der Waals surface area contributed by atoms with Crippen LogP contribution in [-0.4, -0.2) is 27.9 Å². The number of urea groups is 1. The van der Waals surface area contributed by atoms with Gasteiger partial charge in [-0.2, -0.15) is 0 Å². The molecule has 0 spiro atoms. The molecule has 21 heavy (non-hydrogen) atoms. The Hall–Kier alpha value is -2.18. The number of nitrogens with zero attached hydrogens (tertiary/aromatic N) is 2. The molecule has 114 valence electrons. The van der Waals surface area contributed by atoms with Gasteiger partial charge >= 0.3 is 6.03 Å². The average molecular weight is 293 g/mol. The Kier molecular flexibility index (Phi) is 3.85. The molecule has 0 unspecified atom stereocenters. The predicted octanol–water partition coefficient (Wildman–Crippen LogP) is 1.68. The molecule has 1 saturated heterocycles. The molecule has 0 bridgehead atoms. The monoisotopic (exact) mass is 293 g/mol. The Labute approximate surface area is 122 Å². The lowest BCUT2D eigenvalue weighted by atomic mass is 9.78. The summed E-state index contributed by atoms with van der Waals surface area (Å²) in [5.41, 5.74) is 0.143. The summed E-state index contributed by atoms with van der Waals surface area (Å²) < 4.78 is 5.05. The maximum Gasteiger partial charge on any atom is 0.331 e. The van der Waals surface area contributed by atoms with Gasteiger partial charge in [-0.3, -0.25) is 19.8 Å². The van der Waals surface area contributed by atoms with E-state index in [9.17, 15) is 14.4 Å². The van der Waals surface area contributed by atoms with Crippen molar-refractivity contribution in [3.63, 3.8) is 0 Å². The number of hydrogen-bond donors (Lipinski definition) is 1. The normalized spacial score (nSPS) is 18.1. The van der Waals surface area contributed by atoms with E-state index in [1.807, 2.05) is 0 Å². The number of aromatic nitrogens is 1. The first kappa shape index (κ1) is 15.2. The highest BCUT2D eigenvalue weighted by atomic mass is 16.5. The van der Waals surface area contributed by atoms with E-state index in [1.54, 1.807) is 27.7 Å². The Morgan fingerprint density at radius 1 is 1.19 bits per heavy atom. The molecule has 1 aromatic heterocycles. The Morgan fingerprint density at radius 2 is 1.81 bits per heavy atom. The minimum atomic E-state index is -1.17. The fourth-order valence-corrected chi connectivity index (χ4v) is 2.63. The summed E-state index contributed by atoms with van der Waals surface area (Å²) in [5, 5.41) is 6.09. The lowest BCUT2D eigenvalue weighted by Crippen LogP contribution is -2.63. The SMILES string of the molecule is CCC1(CC)C(=O)NC(=O)N(Cc2c(C)noc2C)C1=O. The molecule has 0 saturated carbocycles.